The molecule has 0 N–H and O–H groups in total. The summed E-state index contributed by atoms with van der Waals surface area (Å²) in [7, 11) is 3.61. The van der Waals surface area contributed by atoms with Gasteiger partial charge in [-0.3, -0.25) is 9.13 Å². The molecule has 9 aromatic rings. The van der Waals surface area contributed by atoms with Crippen molar-refractivity contribution in [2.45, 2.75) is 5.41 Å². The van der Waals surface area contributed by atoms with Gasteiger partial charge in [0.1, 0.15) is 0 Å². The first-order valence-electron chi connectivity index (χ1n) is 18.4. The Morgan fingerprint density at radius 3 is 1.53 bits per heavy atom. The number of hydrogen-bond donors (Lipinski definition) is 0. The normalized spacial score (nSPS) is 12.8. The molecule has 0 aliphatic heterocycles. The van der Waals surface area contributed by atoms with Crippen molar-refractivity contribution < 1.29 is 0 Å². The first kappa shape index (κ1) is 32.5. The molecule has 262 valence electrons. The predicted molar refractivity (Wildman–Crippen MR) is 221 cm³/mol. The quantitative estimate of drug-likeness (QED) is 0.172. The van der Waals surface area contributed by atoms with Crippen LogP contribution >= 0.6 is 0 Å². The first-order chi connectivity index (χ1) is 27.0. The zero-order valence-electron chi connectivity index (χ0n) is 30.4. The van der Waals surface area contributed by atoms with E-state index < -0.39 is 5.41 Å². The fraction of sp³-hybridized carbons (Fsp3) is 0.0612. The van der Waals surface area contributed by atoms with E-state index in [2.05, 4.69) is 140 Å². The Bertz CT molecular complexity index is 2910. The topological polar surface area (TPSA) is 65.6 Å². The third-order valence-corrected chi connectivity index (χ3v) is 11.1. The fourth-order valence-corrected chi connectivity index (χ4v) is 8.44. The van der Waals surface area contributed by atoms with Gasteiger partial charge < -0.3 is 0 Å². The van der Waals surface area contributed by atoms with Gasteiger partial charge in [0.05, 0.1) is 16.4 Å². The molecule has 0 fully saturated rings. The first-order valence-corrected chi connectivity index (χ1v) is 18.4. The molecule has 10 rings (SSSR count). The van der Waals surface area contributed by atoms with Crippen molar-refractivity contribution in [3.63, 3.8) is 0 Å². The predicted octanol–water partition coefficient (Wildman–Crippen LogP) is 10.1. The summed E-state index contributed by atoms with van der Waals surface area (Å²) in [5, 5.41) is 0. The van der Waals surface area contributed by atoms with Crippen molar-refractivity contribution in [1.82, 2.24) is 24.1 Å². The van der Waals surface area contributed by atoms with Crippen LogP contribution in [0.15, 0.2) is 181 Å². The van der Waals surface area contributed by atoms with Crippen LogP contribution in [0.5, 0.6) is 0 Å². The summed E-state index contributed by atoms with van der Waals surface area (Å²) in [4.78, 5) is 27.8. The van der Waals surface area contributed by atoms with Crippen molar-refractivity contribution in [1.29, 1.82) is 0 Å². The maximum absolute atomic E-state index is 12.6. The number of imidazole rings is 1. The molecule has 6 heteroatoms. The molecule has 0 saturated heterocycles. The van der Waals surface area contributed by atoms with E-state index in [4.69, 9.17) is 15.0 Å². The summed E-state index contributed by atoms with van der Waals surface area (Å²) in [5.41, 5.74) is 13.4. The summed E-state index contributed by atoms with van der Waals surface area (Å²) < 4.78 is 3.36. The highest BCUT2D eigenvalue weighted by molar-refractivity contribution is 5.89. The smallest absolute Gasteiger partial charge is 0.295 e. The van der Waals surface area contributed by atoms with Crippen LogP contribution in [-0.2, 0) is 19.5 Å². The Kier molecular flexibility index (Phi) is 7.52. The Morgan fingerprint density at radius 1 is 0.400 bits per heavy atom. The van der Waals surface area contributed by atoms with E-state index in [0.29, 0.717) is 17.5 Å². The lowest BCUT2D eigenvalue weighted by molar-refractivity contribution is 0.768. The second-order valence-electron chi connectivity index (χ2n) is 14.1. The van der Waals surface area contributed by atoms with E-state index in [1.54, 1.807) is 16.2 Å². The number of aromatic nitrogens is 5. The number of benzene rings is 7. The number of rotatable bonds is 6. The minimum atomic E-state index is -0.478. The molecule has 1 aliphatic carbocycles. The van der Waals surface area contributed by atoms with Crippen LogP contribution in [0.3, 0.4) is 0 Å². The van der Waals surface area contributed by atoms with Gasteiger partial charge in [-0.25, -0.2) is 19.7 Å². The molecule has 2 aromatic heterocycles. The van der Waals surface area contributed by atoms with Crippen LogP contribution in [0, 0.1) is 0 Å². The van der Waals surface area contributed by atoms with E-state index in [1.165, 1.54) is 33.4 Å². The summed E-state index contributed by atoms with van der Waals surface area (Å²) in [5.74, 6) is 1.82. The Hall–Kier alpha value is -7.18. The van der Waals surface area contributed by atoms with Gasteiger partial charge in [0, 0.05) is 30.8 Å². The molecule has 0 unspecified atom stereocenters. The van der Waals surface area contributed by atoms with Crippen molar-refractivity contribution in [2.24, 2.45) is 14.1 Å². The Labute approximate surface area is 318 Å². The highest BCUT2D eigenvalue weighted by Crippen LogP contribution is 2.56. The van der Waals surface area contributed by atoms with Crippen molar-refractivity contribution >= 4 is 11.0 Å². The van der Waals surface area contributed by atoms with Crippen LogP contribution in [0.25, 0.3) is 67.5 Å². The van der Waals surface area contributed by atoms with Gasteiger partial charge in [-0.1, -0.05) is 158 Å². The second-order valence-corrected chi connectivity index (χ2v) is 14.1. The Morgan fingerprint density at radius 2 is 0.873 bits per heavy atom. The van der Waals surface area contributed by atoms with Crippen LogP contribution in [0.2, 0.25) is 0 Å². The van der Waals surface area contributed by atoms with Gasteiger partial charge in [-0.05, 0) is 62.7 Å². The molecule has 0 spiro atoms. The molecule has 6 nitrogen and oxygen atoms in total. The van der Waals surface area contributed by atoms with Crippen LogP contribution < -0.4 is 5.69 Å². The minimum Gasteiger partial charge on any atom is -0.295 e. The Balaban J connectivity index is 1.11. The third kappa shape index (κ3) is 5.10. The number of hydrogen-bond acceptors (Lipinski definition) is 4. The lowest BCUT2D eigenvalue weighted by atomic mass is 9.67. The number of aryl methyl sites for hydroxylation is 2. The SMILES string of the molecule is Cn1c(=O)n(C)c2cc(-c3ccc(-c4nc(-c5ccccc5)nc(-c5ccc6c(c5)-c5ccccc5C6(c5ccccc5)c5ccccc5)n4)cc3)ccc21. The summed E-state index contributed by atoms with van der Waals surface area (Å²) >= 11 is 0. The van der Waals surface area contributed by atoms with Gasteiger partial charge in [0.15, 0.2) is 17.5 Å². The molecular formula is C49H35N5O. The van der Waals surface area contributed by atoms with Crippen molar-refractivity contribution in [3.05, 3.63) is 209 Å². The van der Waals surface area contributed by atoms with E-state index in [9.17, 15) is 4.79 Å². The van der Waals surface area contributed by atoms with Gasteiger partial charge in [0.2, 0.25) is 0 Å². The molecule has 55 heavy (non-hydrogen) atoms. The van der Waals surface area contributed by atoms with Gasteiger partial charge >= 0.3 is 5.69 Å². The fourth-order valence-electron chi connectivity index (χ4n) is 8.44. The molecule has 0 atom stereocenters. The molecule has 1 aliphatic rings. The van der Waals surface area contributed by atoms with E-state index in [1.807, 2.05) is 43.4 Å². The lowest BCUT2D eigenvalue weighted by Gasteiger charge is -2.33. The number of fused-ring (bicyclic) bond motifs is 4. The third-order valence-electron chi connectivity index (χ3n) is 11.1. The van der Waals surface area contributed by atoms with Crippen molar-refractivity contribution in [2.75, 3.05) is 0 Å². The molecule has 0 radical (unpaired) electrons. The van der Waals surface area contributed by atoms with Gasteiger partial charge in [0.25, 0.3) is 0 Å². The zero-order chi connectivity index (χ0) is 37.1. The van der Waals surface area contributed by atoms with Gasteiger partial charge in [-0.2, -0.15) is 0 Å². The zero-order valence-corrected chi connectivity index (χ0v) is 30.4. The summed E-state index contributed by atoms with van der Waals surface area (Å²) in [6, 6.07) is 61.6. The van der Waals surface area contributed by atoms with Crippen molar-refractivity contribution in [3.8, 4) is 56.4 Å². The van der Waals surface area contributed by atoms with E-state index in [-0.39, 0.29) is 5.69 Å². The second kappa shape index (κ2) is 12.7. The highest BCUT2D eigenvalue weighted by Gasteiger charge is 2.46. The average molecular weight is 710 g/mol. The highest BCUT2D eigenvalue weighted by atomic mass is 16.1. The largest absolute Gasteiger partial charge is 0.328 e. The lowest BCUT2D eigenvalue weighted by Crippen LogP contribution is -2.28. The molecular weight excluding hydrogens is 675 g/mol. The minimum absolute atomic E-state index is 0.0401. The van der Waals surface area contributed by atoms with E-state index >= 15 is 0 Å². The molecule has 2 heterocycles. The molecule has 0 bridgehead atoms. The van der Waals surface area contributed by atoms with Crippen LogP contribution in [0.4, 0.5) is 0 Å². The monoisotopic (exact) mass is 709 g/mol. The standard InChI is InChI=1S/C49H35N5O/c1-53-43-29-27-35(31-44(43)54(2)48(53)55)32-22-24-34(25-23-32)46-50-45(33-14-6-3-7-15-33)51-47(52-46)36-26-28-42-40(30-36)39-20-12-13-21-41(39)49(42,37-16-8-4-9-17-37)38-18-10-5-11-19-38/h3-31H,1-2H3. The maximum atomic E-state index is 12.6. The summed E-state index contributed by atoms with van der Waals surface area (Å²) in [6.45, 7) is 0. The average Bonchev–Trinajstić information content (AvgIpc) is 3.68. The van der Waals surface area contributed by atoms with E-state index in [0.717, 1.165) is 38.9 Å². The molecule has 0 saturated carbocycles. The maximum Gasteiger partial charge on any atom is 0.328 e. The van der Waals surface area contributed by atoms with Crippen LogP contribution in [-0.4, -0.2) is 24.1 Å². The number of nitrogens with zero attached hydrogens (tertiary/aromatic N) is 5. The molecule has 7 aromatic carbocycles. The molecule has 0 amide bonds. The van der Waals surface area contributed by atoms with Crippen LogP contribution in [0.1, 0.15) is 22.3 Å². The summed E-state index contributed by atoms with van der Waals surface area (Å²) in [6.07, 6.45) is 0. The van der Waals surface area contributed by atoms with Gasteiger partial charge in [-0.15, -0.1) is 0 Å².